The van der Waals surface area contributed by atoms with Crippen molar-refractivity contribution >= 4 is 13.8 Å². The first-order valence-corrected chi connectivity index (χ1v) is 19.9. The second-order valence-electron chi connectivity index (χ2n) is 12.6. The summed E-state index contributed by atoms with van der Waals surface area (Å²) in [6.45, 7) is 4.77. The molecule has 0 aliphatic heterocycles. The van der Waals surface area contributed by atoms with E-state index in [2.05, 4.69) is 18.4 Å². The van der Waals surface area contributed by atoms with Crippen molar-refractivity contribution in [1.29, 1.82) is 0 Å². The first-order chi connectivity index (χ1) is 20.9. The Kier molecular flexibility index (Phi) is 32.6. The van der Waals surface area contributed by atoms with Gasteiger partial charge >= 0.3 is 13.8 Å². The third-order valence-corrected chi connectivity index (χ3v) is 8.64. The minimum Gasteiger partial charge on any atom is -0.457 e. The zero-order valence-electron chi connectivity index (χ0n) is 28.4. The predicted octanol–water partition coefficient (Wildman–Crippen LogP) is 11.0. The van der Waals surface area contributed by atoms with E-state index in [9.17, 15) is 9.36 Å². The smallest absolute Gasteiger partial charge is 0.457 e. The number of carbonyl (C=O) groups is 1. The highest BCUT2D eigenvalue weighted by molar-refractivity contribution is 7.46. The quantitative estimate of drug-likeness (QED) is 0.0406. The lowest BCUT2D eigenvalue weighted by molar-refractivity contribution is -0.154. The van der Waals surface area contributed by atoms with Crippen LogP contribution in [0.4, 0.5) is 0 Å². The lowest BCUT2D eigenvalue weighted by Gasteiger charge is -2.18. The fourth-order valence-corrected chi connectivity index (χ4v) is 5.80. The number of unbranched alkanes of at least 4 members (excludes halogenated alkanes) is 25. The number of phosphoric acid groups is 1. The normalized spacial score (nSPS) is 12.6. The molecule has 2 N–H and O–H groups in total. The van der Waals surface area contributed by atoms with Crippen LogP contribution in [0.3, 0.4) is 0 Å². The van der Waals surface area contributed by atoms with Crippen LogP contribution in [0.15, 0.2) is 0 Å². The number of esters is 1. The second kappa shape index (κ2) is 32.9. The molecule has 1 atom stereocenters. The maximum absolute atomic E-state index is 12.3. The molecule has 8 heteroatoms. The van der Waals surface area contributed by atoms with Gasteiger partial charge in [0, 0.05) is 13.0 Å². The van der Waals surface area contributed by atoms with E-state index in [0.29, 0.717) is 13.0 Å². The van der Waals surface area contributed by atoms with Gasteiger partial charge in [0.15, 0.2) is 0 Å². The molecule has 0 heterocycles. The predicted molar refractivity (Wildman–Crippen MR) is 179 cm³/mol. The number of hydrogen-bond acceptors (Lipinski definition) is 5. The van der Waals surface area contributed by atoms with Crippen LogP contribution < -0.4 is 0 Å². The van der Waals surface area contributed by atoms with Gasteiger partial charge in [-0.3, -0.25) is 9.32 Å². The van der Waals surface area contributed by atoms with Crippen molar-refractivity contribution in [3.8, 4) is 0 Å². The summed E-state index contributed by atoms with van der Waals surface area (Å²) in [6, 6.07) is 0. The van der Waals surface area contributed by atoms with Gasteiger partial charge in [-0.15, -0.1) is 0 Å². The molecule has 43 heavy (non-hydrogen) atoms. The van der Waals surface area contributed by atoms with Crippen LogP contribution in [0.25, 0.3) is 0 Å². The van der Waals surface area contributed by atoms with E-state index in [1.54, 1.807) is 0 Å². The molecule has 0 saturated carbocycles. The number of hydrogen-bond donors (Lipinski definition) is 2. The molecule has 0 aliphatic rings. The average Bonchev–Trinajstić information content (AvgIpc) is 2.97. The molecule has 0 fully saturated rings. The summed E-state index contributed by atoms with van der Waals surface area (Å²) < 4.78 is 26.9. The fraction of sp³-hybridized carbons (Fsp3) is 0.971. The van der Waals surface area contributed by atoms with Gasteiger partial charge in [-0.2, -0.15) is 0 Å². The maximum atomic E-state index is 12.3. The Labute approximate surface area is 266 Å². The Bertz CT molecular complexity index is 625. The van der Waals surface area contributed by atoms with Crippen LogP contribution in [-0.2, 0) is 23.4 Å². The molecule has 0 radical (unpaired) electrons. The van der Waals surface area contributed by atoms with Crippen LogP contribution in [0, 0.1) is 0 Å². The number of ether oxygens (including phenoxy) is 2. The third kappa shape index (κ3) is 35.9. The van der Waals surface area contributed by atoms with Crippen molar-refractivity contribution in [2.75, 3.05) is 19.8 Å². The maximum Gasteiger partial charge on any atom is 0.469 e. The van der Waals surface area contributed by atoms with E-state index in [1.165, 1.54) is 141 Å². The Hall–Kier alpha value is -0.460. The van der Waals surface area contributed by atoms with Gasteiger partial charge < -0.3 is 19.3 Å². The minimum absolute atomic E-state index is 0.0860. The Morgan fingerprint density at radius 3 is 1.26 bits per heavy atom. The van der Waals surface area contributed by atoms with Crippen LogP contribution >= 0.6 is 7.82 Å². The topological polar surface area (TPSA) is 102 Å². The molecule has 0 spiro atoms. The largest absolute Gasteiger partial charge is 0.469 e. The first-order valence-electron chi connectivity index (χ1n) is 18.4. The minimum atomic E-state index is -4.64. The molecule has 0 aromatic heterocycles. The highest BCUT2D eigenvalue weighted by atomic mass is 31.2. The first kappa shape index (κ1) is 42.5. The molecule has 0 aromatic rings. The molecule has 0 aromatic carbocycles. The van der Waals surface area contributed by atoms with Crippen LogP contribution in [0.2, 0.25) is 0 Å². The van der Waals surface area contributed by atoms with Crippen molar-refractivity contribution in [1.82, 2.24) is 0 Å². The highest BCUT2D eigenvalue weighted by Gasteiger charge is 2.21. The average molecular weight is 635 g/mol. The zero-order chi connectivity index (χ0) is 31.7. The summed E-state index contributed by atoms with van der Waals surface area (Å²) in [5, 5.41) is 0. The van der Waals surface area contributed by atoms with Crippen LogP contribution in [0.1, 0.15) is 194 Å². The molecule has 0 amide bonds. The van der Waals surface area contributed by atoms with Crippen molar-refractivity contribution in [2.24, 2.45) is 0 Å². The number of phosphoric ester groups is 1. The van der Waals surface area contributed by atoms with Crippen molar-refractivity contribution in [3.05, 3.63) is 0 Å². The second-order valence-corrected chi connectivity index (χ2v) is 13.8. The lowest BCUT2D eigenvalue weighted by Crippen LogP contribution is -2.28. The summed E-state index contributed by atoms with van der Waals surface area (Å²) in [5.74, 6) is -0.360. The molecule has 0 unspecified atom stereocenters. The molecule has 0 aliphatic carbocycles. The SMILES string of the molecule is CCCCCCCCCCCCCCCCCCOC[C@H](COP(=O)(O)O)OC(=O)CCCCCCCCCCCCC. The van der Waals surface area contributed by atoms with Crippen molar-refractivity contribution < 1.29 is 33.1 Å². The molecule has 0 rings (SSSR count). The standard InChI is InChI=1S/C35H71O7P/c1-3-5-7-9-11-13-15-16-17-18-19-21-23-25-27-29-31-40-32-34(33-41-43(37,38)39)42-35(36)30-28-26-24-22-20-14-12-10-8-6-4-2/h34H,3-33H2,1-2H3,(H2,37,38,39)/t34-/m1/s1. The van der Waals surface area contributed by atoms with Gasteiger partial charge in [0.25, 0.3) is 0 Å². The molecule has 7 nitrogen and oxygen atoms in total. The molecule has 258 valence electrons. The van der Waals surface area contributed by atoms with Gasteiger partial charge in [0.05, 0.1) is 13.2 Å². The van der Waals surface area contributed by atoms with E-state index in [0.717, 1.165) is 32.1 Å². The summed E-state index contributed by atoms with van der Waals surface area (Å²) in [6.07, 6.45) is 33.8. The zero-order valence-corrected chi connectivity index (χ0v) is 29.3. The Balaban J connectivity index is 3.77. The molecule has 0 bridgehead atoms. The molecular weight excluding hydrogens is 563 g/mol. The molecule has 0 saturated heterocycles. The summed E-state index contributed by atoms with van der Waals surface area (Å²) >= 11 is 0. The third-order valence-electron chi connectivity index (χ3n) is 8.16. The molecular formula is C35H71O7P. The van der Waals surface area contributed by atoms with Gasteiger partial charge in [0.2, 0.25) is 0 Å². The monoisotopic (exact) mass is 634 g/mol. The van der Waals surface area contributed by atoms with Gasteiger partial charge in [-0.05, 0) is 12.8 Å². The summed E-state index contributed by atoms with van der Waals surface area (Å²) in [5.41, 5.74) is 0. The number of rotatable bonds is 35. The van der Waals surface area contributed by atoms with Gasteiger partial charge in [0.1, 0.15) is 6.10 Å². The lowest BCUT2D eigenvalue weighted by atomic mass is 10.0. The highest BCUT2D eigenvalue weighted by Crippen LogP contribution is 2.36. The summed E-state index contributed by atoms with van der Waals surface area (Å²) in [4.78, 5) is 30.4. The van der Waals surface area contributed by atoms with E-state index in [-0.39, 0.29) is 19.2 Å². The van der Waals surface area contributed by atoms with Gasteiger partial charge in [-0.25, -0.2) is 4.57 Å². The van der Waals surface area contributed by atoms with Crippen LogP contribution in [0.5, 0.6) is 0 Å². The Morgan fingerprint density at radius 2 is 0.884 bits per heavy atom. The van der Waals surface area contributed by atoms with E-state index in [1.807, 2.05) is 0 Å². The van der Waals surface area contributed by atoms with E-state index >= 15 is 0 Å². The number of carbonyl (C=O) groups excluding carboxylic acids is 1. The summed E-state index contributed by atoms with van der Waals surface area (Å²) in [7, 11) is -4.64. The van der Waals surface area contributed by atoms with Crippen molar-refractivity contribution in [2.45, 2.75) is 200 Å². The van der Waals surface area contributed by atoms with Crippen molar-refractivity contribution in [3.63, 3.8) is 0 Å². The van der Waals surface area contributed by atoms with E-state index < -0.39 is 13.9 Å². The van der Waals surface area contributed by atoms with E-state index in [4.69, 9.17) is 19.3 Å². The fourth-order valence-electron chi connectivity index (χ4n) is 5.44. The van der Waals surface area contributed by atoms with Gasteiger partial charge in [-0.1, -0.05) is 174 Å². The van der Waals surface area contributed by atoms with Crippen LogP contribution in [-0.4, -0.2) is 41.7 Å². The Morgan fingerprint density at radius 1 is 0.535 bits per heavy atom.